The molecule has 108 valence electrons. The van der Waals surface area contributed by atoms with Crippen LogP contribution in [0.4, 0.5) is 0 Å². The van der Waals surface area contributed by atoms with Gasteiger partial charge in [0.1, 0.15) is 5.82 Å². The van der Waals surface area contributed by atoms with E-state index in [4.69, 9.17) is 0 Å². The number of unbranched alkanes of at least 4 members (excludes halogenated alkanes) is 1. The molecule has 0 aliphatic rings. The van der Waals surface area contributed by atoms with Crippen LogP contribution in [0.25, 0.3) is 11.0 Å². The number of fused-ring (bicyclic) bond motifs is 1. The first-order valence-corrected chi connectivity index (χ1v) is 7.47. The molecule has 2 aromatic rings. The maximum absolute atomic E-state index is 11.6. The van der Waals surface area contributed by atoms with Crippen LogP contribution in [0.3, 0.4) is 0 Å². The van der Waals surface area contributed by atoms with Crippen LogP contribution in [0.2, 0.25) is 0 Å². The Morgan fingerprint density at radius 1 is 1.30 bits per heavy atom. The molecule has 0 radical (unpaired) electrons. The van der Waals surface area contributed by atoms with Crippen LogP contribution in [0.1, 0.15) is 38.9 Å². The number of aryl methyl sites for hydroxylation is 1. The number of nitrogens with zero attached hydrogens (tertiary/aromatic N) is 2. The van der Waals surface area contributed by atoms with E-state index in [2.05, 4.69) is 34.8 Å². The number of hydrogen-bond acceptors (Lipinski definition) is 2. The molecule has 0 unspecified atom stereocenters. The van der Waals surface area contributed by atoms with Crippen LogP contribution in [-0.4, -0.2) is 22.0 Å². The van der Waals surface area contributed by atoms with Crippen LogP contribution < -0.4 is 5.32 Å². The van der Waals surface area contributed by atoms with Crippen molar-refractivity contribution in [2.75, 3.05) is 6.54 Å². The highest BCUT2D eigenvalue weighted by molar-refractivity contribution is 5.76. The van der Waals surface area contributed by atoms with Crippen LogP contribution >= 0.6 is 0 Å². The van der Waals surface area contributed by atoms with Gasteiger partial charge in [0.15, 0.2) is 0 Å². The molecule has 0 fully saturated rings. The molecular formula is C16H23N3O. The Balaban J connectivity index is 1.97. The number of para-hydroxylation sites is 2. The molecule has 0 aliphatic carbocycles. The number of aromatic nitrogens is 2. The number of carbonyl (C=O) groups excluding carboxylic acids is 1. The van der Waals surface area contributed by atoms with Crippen molar-refractivity contribution in [3.8, 4) is 0 Å². The average molecular weight is 273 g/mol. The Kier molecular flexibility index (Phi) is 5.16. The molecule has 2 rings (SSSR count). The first-order chi connectivity index (χ1) is 9.76. The molecule has 20 heavy (non-hydrogen) atoms. The van der Waals surface area contributed by atoms with Gasteiger partial charge in [0, 0.05) is 25.9 Å². The van der Waals surface area contributed by atoms with Crippen LogP contribution in [-0.2, 0) is 17.8 Å². The molecule has 0 aliphatic heterocycles. The monoisotopic (exact) mass is 273 g/mol. The molecule has 0 spiro atoms. The van der Waals surface area contributed by atoms with Crippen molar-refractivity contribution >= 4 is 16.9 Å². The van der Waals surface area contributed by atoms with Crippen molar-refractivity contribution in [1.29, 1.82) is 0 Å². The number of nitrogens with one attached hydrogen (secondary N) is 1. The van der Waals surface area contributed by atoms with Crippen LogP contribution in [0.5, 0.6) is 0 Å². The van der Waals surface area contributed by atoms with E-state index in [1.54, 1.807) is 0 Å². The second-order valence-electron chi connectivity index (χ2n) is 4.96. The molecule has 4 heteroatoms. The minimum Gasteiger partial charge on any atom is -0.356 e. The van der Waals surface area contributed by atoms with Gasteiger partial charge in [0.2, 0.25) is 5.91 Å². The first kappa shape index (κ1) is 14.6. The highest BCUT2D eigenvalue weighted by atomic mass is 16.1. The summed E-state index contributed by atoms with van der Waals surface area (Å²) < 4.78 is 2.22. The normalized spacial score (nSPS) is 10.9. The summed E-state index contributed by atoms with van der Waals surface area (Å²) in [6.45, 7) is 5.78. The van der Waals surface area contributed by atoms with E-state index < -0.39 is 0 Å². The van der Waals surface area contributed by atoms with Gasteiger partial charge in [-0.2, -0.15) is 0 Å². The number of imidazole rings is 1. The lowest BCUT2D eigenvalue weighted by molar-refractivity contribution is -0.121. The van der Waals surface area contributed by atoms with E-state index in [1.165, 1.54) is 5.52 Å². The lowest BCUT2D eigenvalue weighted by atomic mass is 10.2. The Hall–Kier alpha value is -1.84. The summed E-state index contributed by atoms with van der Waals surface area (Å²) in [6, 6.07) is 8.16. The molecule has 1 aromatic heterocycles. The SMILES string of the molecule is CCCCC(=O)NCCc1nc2ccccc2n1CC. The predicted molar refractivity (Wildman–Crippen MR) is 81.6 cm³/mol. The minimum absolute atomic E-state index is 0.144. The fraction of sp³-hybridized carbons (Fsp3) is 0.500. The zero-order valence-corrected chi connectivity index (χ0v) is 12.4. The molecule has 1 aromatic carbocycles. The summed E-state index contributed by atoms with van der Waals surface area (Å²) >= 11 is 0. The van der Waals surface area contributed by atoms with Gasteiger partial charge in [-0.15, -0.1) is 0 Å². The summed E-state index contributed by atoms with van der Waals surface area (Å²) in [5.74, 6) is 1.19. The van der Waals surface area contributed by atoms with Crippen molar-refractivity contribution in [3.05, 3.63) is 30.1 Å². The van der Waals surface area contributed by atoms with Gasteiger partial charge in [-0.1, -0.05) is 25.5 Å². The third-order valence-corrected chi connectivity index (χ3v) is 3.48. The highest BCUT2D eigenvalue weighted by Gasteiger charge is 2.09. The Labute approximate surface area is 120 Å². The van der Waals surface area contributed by atoms with E-state index in [-0.39, 0.29) is 5.91 Å². The Morgan fingerprint density at radius 2 is 2.10 bits per heavy atom. The first-order valence-electron chi connectivity index (χ1n) is 7.47. The molecule has 1 N–H and O–H groups in total. The fourth-order valence-electron chi connectivity index (χ4n) is 2.41. The van der Waals surface area contributed by atoms with Gasteiger partial charge in [-0.05, 0) is 25.5 Å². The summed E-state index contributed by atoms with van der Waals surface area (Å²) in [5, 5.41) is 2.97. The third-order valence-electron chi connectivity index (χ3n) is 3.48. The number of benzene rings is 1. The summed E-state index contributed by atoms with van der Waals surface area (Å²) in [4.78, 5) is 16.2. The molecule has 1 heterocycles. The van der Waals surface area contributed by atoms with Crippen molar-refractivity contribution < 1.29 is 4.79 Å². The summed E-state index contributed by atoms with van der Waals surface area (Å²) in [6.07, 6.45) is 3.42. The molecular weight excluding hydrogens is 250 g/mol. The number of hydrogen-bond donors (Lipinski definition) is 1. The van der Waals surface area contributed by atoms with Crippen molar-refractivity contribution in [2.24, 2.45) is 0 Å². The molecule has 0 saturated heterocycles. The Bertz CT molecular complexity index is 574. The van der Waals surface area contributed by atoms with E-state index in [1.807, 2.05) is 18.2 Å². The maximum Gasteiger partial charge on any atom is 0.220 e. The van der Waals surface area contributed by atoms with Crippen molar-refractivity contribution in [2.45, 2.75) is 46.1 Å². The van der Waals surface area contributed by atoms with Crippen molar-refractivity contribution in [3.63, 3.8) is 0 Å². The maximum atomic E-state index is 11.6. The van der Waals surface area contributed by atoms with Crippen molar-refractivity contribution in [1.82, 2.24) is 14.9 Å². The zero-order valence-electron chi connectivity index (χ0n) is 12.4. The number of amides is 1. The van der Waals surface area contributed by atoms with Crippen LogP contribution in [0.15, 0.2) is 24.3 Å². The van der Waals surface area contributed by atoms with Gasteiger partial charge in [-0.25, -0.2) is 4.98 Å². The summed E-state index contributed by atoms with van der Waals surface area (Å²) in [5.41, 5.74) is 2.20. The minimum atomic E-state index is 0.144. The Morgan fingerprint density at radius 3 is 2.85 bits per heavy atom. The molecule has 0 saturated carbocycles. The molecule has 1 amide bonds. The molecule has 0 bridgehead atoms. The van der Waals surface area contributed by atoms with Gasteiger partial charge >= 0.3 is 0 Å². The van der Waals surface area contributed by atoms with E-state index in [0.29, 0.717) is 13.0 Å². The molecule has 4 nitrogen and oxygen atoms in total. The number of rotatable bonds is 7. The lowest BCUT2D eigenvalue weighted by Crippen LogP contribution is -2.26. The van der Waals surface area contributed by atoms with Gasteiger partial charge in [0.05, 0.1) is 11.0 Å². The van der Waals surface area contributed by atoms with Gasteiger partial charge in [-0.3, -0.25) is 4.79 Å². The standard InChI is InChI=1S/C16H23N3O/c1-3-5-10-16(20)17-12-11-15-18-13-8-6-7-9-14(13)19(15)4-2/h6-9H,3-5,10-12H2,1-2H3,(H,17,20). The summed E-state index contributed by atoms with van der Waals surface area (Å²) in [7, 11) is 0. The van der Waals surface area contributed by atoms with E-state index in [0.717, 1.165) is 37.1 Å². The van der Waals surface area contributed by atoms with Gasteiger partial charge in [0.25, 0.3) is 0 Å². The quantitative estimate of drug-likeness (QED) is 0.843. The highest BCUT2D eigenvalue weighted by Crippen LogP contribution is 2.15. The second-order valence-corrected chi connectivity index (χ2v) is 4.96. The average Bonchev–Trinajstić information content (AvgIpc) is 2.82. The topological polar surface area (TPSA) is 46.9 Å². The largest absolute Gasteiger partial charge is 0.356 e. The van der Waals surface area contributed by atoms with Gasteiger partial charge < -0.3 is 9.88 Å². The zero-order chi connectivity index (χ0) is 14.4. The number of carbonyl (C=O) groups is 1. The van der Waals surface area contributed by atoms with E-state index >= 15 is 0 Å². The second kappa shape index (κ2) is 7.08. The van der Waals surface area contributed by atoms with E-state index in [9.17, 15) is 4.79 Å². The third kappa shape index (κ3) is 3.38. The van der Waals surface area contributed by atoms with Crippen LogP contribution in [0, 0.1) is 0 Å². The smallest absolute Gasteiger partial charge is 0.220 e. The lowest BCUT2D eigenvalue weighted by Gasteiger charge is -2.07. The predicted octanol–water partition coefficient (Wildman–Crippen LogP) is 2.91. The fourth-order valence-corrected chi connectivity index (χ4v) is 2.41. The molecule has 0 atom stereocenters.